The molecule has 116 valence electrons. The molecule has 2 aliphatic carbocycles. The molecule has 1 aromatic rings. The maximum absolute atomic E-state index is 9.93. The van der Waals surface area contributed by atoms with Gasteiger partial charge in [0.25, 0.3) is 0 Å². The lowest BCUT2D eigenvalue weighted by Crippen LogP contribution is -2.41. The number of hydrogen-bond acceptors (Lipinski definition) is 2. The van der Waals surface area contributed by atoms with Gasteiger partial charge >= 0.3 is 0 Å². The molecule has 0 spiro atoms. The van der Waals surface area contributed by atoms with Gasteiger partial charge in [-0.15, -0.1) is 0 Å². The molecule has 0 aromatic heterocycles. The van der Waals surface area contributed by atoms with E-state index in [1.54, 1.807) is 0 Å². The van der Waals surface area contributed by atoms with Gasteiger partial charge < -0.3 is 10.4 Å². The fourth-order valence-electron chi connectivity index (χ4n) is 4.20. The Morgan fingerprint density at radius 3 is 2.38 bits per heavy atom. The summed E-state index contributed by atoms with van der Waals surface area (Å²) in [4.78, 5) is 0. The first-order valence-electron chi connectivity index (χ1n) is 8.82. The molecule has 0 aliphatic heterocycles. The van der Waals surface area contributed by atoms with Gasteiger partial charge in [-0.25, -0.2) is 0 Å². The maximum Gasteiger partial charge on any atom is 0.0555 e. The number of benzene rings is 1. The lowest BCUT2D eigenvalue weighted by Gasteiger charge is -2.36. The Hall–Kier alpha value is -0.860. The lowest BCUT2D eigenvalue weighted by atomic mass is 9.80. The summed E-state index contributed by atoms with van der Waals surface area (Å²) in [6.07, 6.45) is 11.0. The van der Waals surface area contributed by atoms with E-state index >= 15 is 0 Å². The van der Waals surface area contributed by atoms with Crippen molar-refractivity contribution in [1.82, 2.24) is 5.32 Å². The average Bonchev–Trinajstić information content (AvgIpc) is 2.54. The second-order valence-corrected chi connectivity index (χ2v) is 6.97. The van der Waals surface area contributed by atoms with Crippen molar-refractivity contribution in [2.45, 2.75) is 76.0 Å². The molecular weight excluding hydrogens is 258 g/mol. The first-order valence-corrected chi connectivity index (χ1v) is 8.82. The van der Waals surface area contributed by atoms with Gasteiger partial charge in [0.05, 0.1) is 6.10 Å². The number of aliphatic hydroxyl groups is 1. The van der Waals surface area contributed by atoms with Crippen molar-refractivity contribution in [3.63, 3.8) is 0 Å². The summed E-state index contributed by atoms with van der Waals surface area (Å²) < 4.78 is 0. The Morgan fingerprint density at radius 1 is 0.905 bits per heavy atom. The van der Waals surface area contributed by atoms with E-state index in [-0.39, 0.29) is 6.10 Å². The van der Waals surface area contributed by atoms with Crippen LogP contribution in [0.1, 0.15) is 69.4 Å². The fourth-order valence-corrected chi connectivity index (χ4v) is 4.20. The zero-order chi connectivity index (χ0) is 14.5. The third kappa shape index (κ3) is 4.08. The minimum absolute atomic E-state index is 0.0981. The van der Waals surface area contributed by atoms with E-state index in [1.807, 2.05) is 0 Å². The SMILES string of the molecule is OC1CCCC(NC(c2ccccc2)C2CCCCC2)C1. The summed E-state index contributed by atoms with van der Waals surface area (Å²) in [5.74, 6) is 0.764. The van der Waals surface area contributed by atoms with Gasteiger partial charge in [0.15, 0.2) is 0 Å². The van der Waals surface area contributed by atoms with Gasteiger partial charge in [0, 0.05) is 12.1 Å². The molecule has 2 saturated carbocycles. The Kier molecular flexibility index (Phi) is 5.32. The first-order chi connectivity index (χ1) is 10.3. The zero-order valence-electron chi connectivity index (χ0n) is 13.0. The fraction of sp³-hybridized carbons (Fsp3) is 0.684. The van der Waals surface area contributed by atoms with Crippen LogP contribution in [0.2, 0.25) is 0 Å². The van der Waals surface area contributed by atoms with Crippen LogP contribution in [-0.4, -0.2) is 17.3 Å². The quantitative estimate of drug-likeness (QED) is 0.870. The van der Waals surface area contributed by atoms with Gasteiger partial charge in [0.2, 0.25) is 0 Å². The van der Waals surface area contributed by atoms with Crippen molar-refractivity contribution in [3.05, 3.63) is 35.9 Å². The zero-order valence-corrected chi connectivity index (χ0v) is 13.0. The molecule has 2 nitrogen and oxygen atoms in total. The Labute approximate surface area is 129 Å². The van der Waals surface area contributed by atoms with E-state index in [4.69, 9.17) is 0 Å². The Balaban J connectivity index is 1.72. The molecule has 0 amide bonds. The minimum Gasteiger partial charge on any atom is -0.393 e. The topological polar surface area (TPSA) is 32.3 Å². The highest BCUT2D eigenvalue weighted by molar-refractivity contribution is 5.20. The van der Waals surface area contributed by atoms with Crippen LogP contribution < -0.4 is 5.32 Å². The van der Waals surface area contributed by atoms with Gasteiger partial charge in [0.1, 0.15) is 0 Å². The summed E-state index contributed by atoms with van der Waals surface area (Å²) in [6, 6.07) is 11.9. The highest BCUT2D eigenvalue weighted by atomic mass is 16.3. The molecule has 21 heavy (non-hydrogen) atoms. The summed E-state index contributed by atoms with van der Waals surface area (Å²) in [7, 11) is 0. The molecule has 2 fully saturated rings. The van der Waals surface area contributed by atoms with Crippen molar-refractivity contribution in [1.29, 1.82) is 0 Å². The van der Waals surface area contributed by atoms with E-state index in [9.17, 15) is 5.11 Å². The summed E-state index contributed by atoms with van der Waals surface area (Å²) in [5, 5.41) is 13.8. The molecular formula is C19H29NO. The molecule has 2 heteroatoms. The number of nitrogens with one attached hydrogen (secondary N) is 1. The van der Waals surface area contributed by atoms with Crippen molar-refractivity contribution >= 4 is 0 Å². The van der Waals surface area contributed by atoms with E-state index in [1.165, 1.54) is 44.1 Å². The van der Waals surface area contributed by atoms with Crippen molar-refractivity contribution in [2.75, 3.05) is 0 Å². The molecule has 0 bridgehead atoms. The first kappa shape index (κ1) is 15.1. The highest BCUT2D eigenvalue weighted by Gasteiger charge is 2.29. The largest absolute Gasteiger partial charge is 0.393 e. The normalized spacial score (nSPS) is 29.2. The number of aliphatic hydroxyl groups excluding tert-OH is 1. The molecule has 0 saturated heterocycles. The predicted molar refractivity (Wildman–Crippen MR) is 87.2 cm³/mol. The Bertz CT molecular complexity index is 413. The second kappa shape index (κ2) is 7.42. The molecule has 3 rings (SSSR count). The maximum atomic E-state index is 9.93. The smallest absolute Gasteiger partial charge is 0.0555 e. The van der Waals surface area contributed by atoms with E-state index < -0.39 is 0 Å². The molecule has 1 aromatic carbocycles. The van der Waals surface area contributed by atoms with Gasteiger partial charge in [-0.2, -0.15) is 0 Å². The summed E-state index contributed by atoms with van der Waals surface area (Å²) in [6.45, 7) is 0. The molecule has 2 aliphatic rings. The molecule has 3 atom stereocenters. The molecule has 3 unspecified atom stereocenters. The van der Waals surface area contributed by atoms with Crippen molar-refractivity contribution in [3.8, 4) is 0 Å². The van der Waals surface area contributed by atoms with Gasteiger partial charge in [-0.1, -0.05) is 49.6 Å². The summed E-state index contributed by atoms with van der Waals surface area (Å²) >= 11 is 0. The number of hydrogen-bond donors (Lipinski definition) is 2. The lowest BCUT2D eigenvalue weighted by molar-refractivity contribution is 0.103. The monoisotopic (exact) mass is 287 g/mol. The van der Waals surface area contributed by atoms with Gasteiger partial charge in [-0.3, -0.25) is 0 Å². The standard InChI is InChI=1S/C19H29NO/c21-18-13-7-12-17(14-18)20-19(15-8-3-1-4-9-15)16-10-5-2-6-11-16/h1,3-4,8-9,16-21H,2,5-7,10-14H2. The predicted octanol–water partition coefficient (Wildman–Crippen LogP) is 4.20. The third-order valence-electron chi connectivity index (χ3n) is 5.34. The van der Waals surface area contributed by atoms with Crippen LogP contribution in [0.5, 0.6) is 0 Å². The van der Waals surface area contributed by atoms with Gasteiger partial charge in [-0.05, 0) is 50.0 Å². The molecule has 2 N–H and O–H groups in total. The molecule has 0 heterocycles. The van der Waals surface area contributed by atoms with Crippen LogP contribution in [0.3, 0.4) is 0 Å². The highest BCUT2D eigenvalue weighted by Crippen LogP contribution is 2.35. The second-order valence-electron chi connectivity index (χ2n) is 6.97. The van der Waals surface area contributed by atoms with Crippen molar-refractivity contribution in [2.24, 2.45) is 5.92 Å². The van der Waals surface area contributed by atoms with Crippen LogP contribution in [0.4, 0.5) is 0 Å². The van der Waals surface area contributed by atoms with E-state index in [0.717, 1.165) is 25.2 Å². The van der Waals surface area contributed by atoms with E-state index in [0.29, 0.717) is 12.1 Å². The van der Waals surface area contributed by atoms with Crippen molar-refractivity contribution < 1.29 is 5.11 Å². The van der Waals surface area contributed by atoms with Crippen LogP contribution >= 0.6 is 0 Å². The van der Waals surface area contributed by atoms with Crippen LogP contribution in [0.15, 0.2) is 30.3 Å². The third-order valence-corrected chi connectivity index (χ3v) is 5.34. The summed E-state index contributed by atoms with van der Waals surface area (Å²) in [5.41, 5.74) is 1.43. The van der Waals surface area contributed by atoms with Crippen LogP contribution in [0, 0.1) is 5.92 Å². The average molecular weight is 287 g/mol. The van der Waals surface area contributed by atoms with Crippen LogP contribution in [-0.2, 0) is 0 Å². The molecule has 0 radical (unpaired) electrons. The van der Waals surface area contributed by atoms with E-state index in [2.05, 4.69) is 35.6 Å². The minimum atomic E-state index is -0.0981. The Morgan fingerprint density at radius 2 is 1.67 bits per heavy atom. The number of rotatable bonds is 4. The van der Waals surface area contributed by atoms with Crippen LogP contribution in [0.25, 0.3) is 0 Å².